The van der Waals surface area contributed by atoms with E-state index in [1.165, 1.54) is 25.5 Å². The molecule has 1 saturated heterocycles. The van der Waals surface area contributed by atoms with Gasteiger partial charge in [0.25, 0.3) is 0 Å². The Morgan fingerprint density at radius 2 is 2.29 bits per heavy atom. The minimum absolute atomic E-state index is 0.0446. The lowest BCUT2D eigenvalue weighted by atomic mass is 10.2. The largest absolute Gasteiger partial charge is 0.503 e. The first kappa shape index (κ1) is 18.0. The molecular weight excluding hydrogens is 338 g/mol. The monoisotopic (exact) mass is 355 g/mol. The number of nitrogens with zero attached hydrogens (tertiary/aromatic N) is 1. The van der Waals surface area contributed by atoms with Gasteiger partial charge in [0.1, 0.15) is 0 Å². The molecule has 0 unspecified atom stereocenters. The van der Waals surface area contributed by atoms with Gasteiger partial charge in [-0.15, -0.1) is 0 Å². The molecule has 0 spiro atoms. The highest BCUT2D eigenvalue weighted by Gasteiger charge is 2.19. The van der Waals surface area contributed by atoms with Gasteiger partial charge in [0, 0.05) is 13.2 Å². The molecule has 9 heteroatoms. The van der Waals surface area contributed by atoms with Crippen molar-refractivity contribution in [2.75, 3.05) is 20.3 Å². The number of amides is 2. The van der Waals surface area contributed by atoms with Gasteiger partial charge in [0.2, 0.25) is 0 Å². The highest BCUT2D eigenvalue weighted by molar-refractivity contribution is 6.35. The van der Waals surface area contributed by atoms with Crippen molar-refractivity contribution < 1.29 is 24.2 Å². The van der Waals surface area contributed by atoms with Crippen LogP contribution in [0.15, 0.2) is 17.2 Å². The Hall–Kier alpha value is -2.32. The normalized spacial score (nSPS) is 17.0. The van der Waals surface area contributed by atoms with Gasteiger partial charge in [0.05, 0.1) is 24.5 Å². The summed E-state index contributed by atoms with van der Waals surface area (Å²) in [4.78, 5) is 23.2. The topological polar surface area (TPSA) is 109 Å². The van der Waals surface area contributed by atoms with Crippen molar-refractivity contribution in [3.05, 3.63) is 22.7 Å². The number of hydrogen-bond acceptors (Lipinski definition) is 6. The van der Waals surface area contributed by atoms with Crippen LogP contribution in [-0.4, -0.2) is 49.5 Å². The van der Waals surface area contributed by atoms with Crippen molar-refractivity contribution in [2.24, 2.45) is 5.10 Å². The molecule has 1 aliphatic rings. The number of rotatable bonds is 5. The number of ether oxygens (including phenoxy) is 2. The van der Waals surface area contributed by atoms with Gasteiger partial charge in [0.15, 0.2) is 11.5 Å². The fourth-order valence-corrected chi connectivity index (χ4v) is 2.35. The van der Waals surface area contributed by atoms with Gasteiger partial charge in [-0.2, -0.15) is 5.10 Å². The molecule has 2 rings (SSSR count). The second-order valence-electron chi connectivity index (χ2n) is 5.10. The van der Waals surface area contributed by atoms with Crippen LogP contribution in [0.25, 0.3) is 0 Å². The molecule has 1 aliphatic heterocycles. The number of hydrazone groups is 1. The second-order valence-corrected chi connectivity index (χ2v) is 5.50. The van der Waals surface area contributed by atoms with Crippen LogP contribution >= 0.6 is 11.6 Å². The van der Waals surface area contributed by atoms with Crippen molar-refractivity contribution >= 4 is 29.6 Å². The molecule has 1 heterocycles. The van der Waals surface area contributed by atoms with E-state index in [9.17, 15) is 14.7 Å². The number of methoxy groups -OCH3 is 1. The van der Waals surface area contributed by atoms with E-state index in [2.05, 4.69) is 15.8 Å². The summed E-state index contributed by atoms with van der Waals surface area (Å²) in [5, 5.41) is 15.9. The zero-order valence-electron chi connectivity index (χ0n) is 13.0. The Labute approximate surface area is 143 Å². The van der Waals surface area contributed by atoms with Crippen LogP contribution in [0.3, 0.4) is 0 Å². The van der Waals surface area contributed by atoms with E-state index in [1.54, 1.807) is 0 Å². The fraction of sp³-hybridized carbons (Fsp3) is 0.400. The number of halogens is 1. The second kappa shape index (κ2) is 8.51. The number of nitrogens with one attached hydrogen (secondary N) is 2. The number of benzene rings is 1. The molecule has 130 valence electrons. The van der Waals surface area contributed by atoms with E-state index in [0.717, 1.165) is 12.8 Å². The minimum Gasteiger partial charge on any atom is -0.503 e. The Kier molecular flexibility index (Phi) is 6.39. The lowest BCUT2D eigenvalue weighted by Gasteiger charge is -2.09. The Morgan fingerprint density at radius 1 is 1.50 bits per heavy atom. The molecule has 3 N–H and O–H groups in total. The van der Waals surface area contributed by atoms with Crippen LogP contribution in [0.1, 0.15) is 18.4 Å². The van der Waals surface area contributed by atoms with Crippen LogP contribution in [0.4, 0.5) is 0 Å². The molecule has 24 heavy (non-hydrogen) atoms. The van der Waals surface area contributed by atoms with Gasteiger partial charge in [-0.3, -0.25) is 9.59 Å². The molecule has 0 aromatic heterocycles. The molecule has 1 aromatic rings. The smallest absolute Gasteiger partial charge is 0.329 e. The van der Waals surface area contributed by atoms with Crippen molar-refractivity contribution in [3.8, 4) is 11.5 Å². The van der Waals surface area contributed by atoms with Crippen LogP contribution in [-0.2, 0) is 14.3 Å². The lowest BCUT2D eigenvalue weighted by Crippen LogP contribution is -2.41. The molecule has 1 atom stereocenters. The zero-order chi connectivity index (χ0) is 17.5. The number of carbonyl (C=O) groups is 2. The first-order chi connectivity index (χ1) is 11.5. The predicted molar refractivity (Wildman–Crippen MR) is 87.4 cm³/mol. The third-order valence-electron chi connectivity index (χ3n) is 3.37. The first-order valence-corrected chi connectivity index (χ1v) is 7.68. The van der Waals surface area contributed by atoms with Gasteiger partial charge < -0.3 is 19.9 Å². The van der Waals surface area contributed by atoms with Gasteiger partial charge in [-0.1, -0.05) is 11.6 Å². The zero-order valence-corrected chi connectivity index (χ0v) is 13.8. The van der Waals surface area contributed by atoms with Gasteiger partial charge in [-0.05, 0) is 30.5 Å². The Morgan fingerprint density at radius 3 is 2.96 bits per heavy atom. The summed E-state index contributed by atoms with van der Waals surface area (Å²) in [5.41, 5.74) is 2.59. The summed E-state index contributed by atoms with van der Waals surface area (Å²) < 4.78 is 10.3. The molecule has 1 fully saturated rings. The summed E-state index contributed by atoms with van der Waals surface area (Å²) in [6.45, 7) is 0.969. The number of phenols is 1. The van der Waals surface area contributed by atoms with E-state index in [-0.39, 0.29) is 22.6 Å². The van der Waals surface area contributed by atoms with E-state index in [0.29, 0.717) is 18.7 Å². The third kappa shape index (κ3) is 4.84. The van der Waals surface area contributed by atoms with Gasteiger partial charge >= 0.3 is 11.8 Å². The molecule has 0 radical (unpaired) electrons. The van der Waals surface area contributed by atoms with Crippen molar-refractivity contribution in [1.29, 1.82) is 0 Å². The Balaban J connectivity index is 1.85. The van der Waals surface area contributed by atoms with Crippen molar-refractivity contribution in [3.63, 3.8) is 0 Å². The average molecular weight is 356 g/mol. The summed E-state index contributed by atoms with van der Waals surface area (Å²) >= 11 is 5.84. The molecule has 8 nitrogen and oxygen atoms in total. The van der Waals surface area contributed by atoms with Crippen LogP contribution in [0.5, 0.6) is 11.5 Å². The van der Waals surface area contributed by atoms with E-state index >= 15 is 0 Å². The summed E-state index contributed by atoms with van der Waals surface area (Å²) in [6.07, 6.45) is 3.05. The molecule has 0 aliphatic carbocycles. The van der Waals surface area contributed by atoms with Crippen molar-refractivity contribution in [1.82, 2.24) is 10.7 Å². The summed E-state index contributed by atoms with van der Waals surface area (Å²) in [5.74, 6) is -1.69. The molecule has 2 amide bonds. The minimum atomic E-state index is -0.888. The molecule has 0 saturated carbocycles. The van der Waals surface area contributed by atoms with Gasteiger partial charge in [-0.25, -0.2) is 5.43 Å². The number of hydrogen-bond donors (Lipinski definition) is 3. The Bertz CT molecular complexity index is 644. The first-order valence-electron chi connectivity index (χ1n) is 7.30. The fourth-order valence-electron chi connectivity index (χ4n) is 2.13. The lowest BCUT2D eigenvalue weighted by molar-refractivity contribution is -0.139. The average Bonchev–Trinajstić information content (AvgIpc) is 3.09. The van der Waals surface area contributed by atoms with Crippen LogP contribution < -0.4 is 15.5 Å². The van der Waals surface area contributed by atoms with Crippen molar-refractivity contribution in [2.45, 2.75) is 18.9 Å². The predicted octanol–water partition coefficient (Wildman–Crippen LogP) is 0.800. The highest BCUT2D eigenvalue weighted by Crippen LogP contribution is 2.34. The number of aromatic hydroxyl groups is 1. The van der Waals surface area contributed by atoms with Crippen LogP contribution in [0, 0.1) is 0 Å². The third-order valence-corrected chi connectivity index (χ3v) is 3.66. The highest BCUT2D eigenvalue weighted by atomic mass is 35.5. The standard InChI is InChI=1S/C15H18ClN3O5/c1-23-12-6-9(5-11(16)13(12)20)7-18-19-15(22)14(21)17-8-10-3-2-4-24-10/h5-7,10,20H,2-4,8H2,1H3,(H,17,21)(H,19,22)/b18-7+/t10-/m0/s1. The number of phenolic OH excluding ortho intramolecular Hbond substituents is 1. The maximum absolute atomic E-state index is 11.6. The summed E-state index contributed by atoms with van der Waals surface area (Å²) in [7, 11) is 1.38. The molecular formula is C15H18ClN3O5. The van der Waals surface area contributed by atoms with E-state index in [1.807, 2.05) is 0 Å². The number of carbonyl (C=O) groups excluding carboxylic acids is 2. The molecule has 0 bridgehead atoms. The SMILES string of the molecule is COc1cc(/C=N/NC(=O)C(=O)NC[C@@H]2CCCO2)cc(Cl)c1O. The van der Waals surface area contributed by atoms with E-state index in [4.69, 9.17) is 21.1 Å². The molecule has 1 aromatic carbocycles. The quantitative estimate of drug-likeness (QED) is 0.411. The van der Waals surface area contributed by atoms with E-state index < -0.39 is 11.8 Å². The summed E-state index contributed by atoms with van der Waals surface area (Å²) in [6, 6.07) is 2.92. The maximum Gasteiger partial charge on any atom is 0.329 e. The maximum atomic E-state index is 11.6. The van der Waals surface area contributed by atoms with Crippen LogP contribution in [0.2, 0.25) is 5.02 Å².